The van der Waals surface area contributed by atoms with E-state index in [-0.39, 0.29) is 57.6 Å². The SMILES string of the molecule is COc1cc(-c2cc(=O)c3c(O)c(OC)c(O[C@@H]4O[C@H](CO[C@@H]5OC[C@H](O)[C@H](O)[C@H]5O)[C@@H](O)[C@H](O)[C@H]4O)cc3o2)cc(OC)c1O. The van der Waals surface area contributed by atoms with Crippen molar-refractivity contribution in [2.45, 2.75) is 55.3 Å². The van der Waals surface area contributed by atoms with Gasteiger partial charge < -0.3 is 78.4 Å². The van der Waals surface area contributed by atoms with Crippen molar-refractivity contribution < 1.29 is 78.4 Å². The zero-order valence-corrected chi connectivity index (χ0v) is 24.7. The highest BCUT2D eigenvalue weighted by Crippen LogP contribution is 2.45. The molecule has 2 aliphatic heterocycles. The number of fused-ring (bicyclic) bond motifs is 1. The average Bonchev–Trinajstić information content (AvgIpc) is 3.04. The molecule has 2 aromatic carbocycles. The van der Waals surface area contributed by atoms with Gasteiger partial charge in [0.05, 0.1) is 34.5 Å². The lowest BCUT2D eigenvalue weighted by Gasteiger charge is -2.41. The van der Waals surface area contributed by atoms with Gasteiger partial charge in [-0.25, -0.2) is 0 Å². The molecule has 0 radical (unpaired) electrons. The van der Waals surface area contributed by atoms with Crippen LogP contribution in [-0.2, 0) is 14.2 Å². The number of rotatable bonds is 9. The lowest BCUT2D eigenvalue weighted by Crippen LogP contribution is -2.61. The molecule has 0 bridgehead atoms. The van der Waals surface area contributed by atoms with E-state index in [9.17, 15) is 45.6 Å². The Bertz CT molecular complexity index is 1580. The van der Waals surface area contributed by atoms with Gasteiger partial charge in [-0.1, -0.05) is 0 Å². The Morgan fingerprint density at radius 3 is 2.04 bits per heavy atom. The quantitative estimate of drug-likeness (QED) is 0.131. The average molecular weight is 655 g/mol. The van der Waals surface area contributed by atoms with Crippen molar-refractivity contribution in [3.05, 3.63) is 34.5 Å². The zero-order valence-electron chi connectivity index (χ0n) is 24.7. The minimum atomic E-state index is -1.85. The Balaban J connectivity index is 1.45. The topological polar surface area (TPSA) is 257 Å². The number of aromatic hydroxyl groups is 2. The van der Waals surface area contributed by atoms with Crippen LogP contribution < -0.4 is 24.4 Å². The van der Waals surface area contributed by atoms with Crippen molar-refractivity contribution >= 4 is 11.0 Å². The first kappa shape index (κ1) is 33.5. The Morgan fingerprint density at radius 2 is 1.41 bits per heavy atom. The van der Waals surface area contributed by atoms with Crippen molar-refractivity contribution in [2.24, 2.45) is 0 Å². The summed E-state index contributed by atoms with van der Waals surface area (Å²) >= 11 is 0. The molecule has 0 aliphatic carbocycles. The maximum Gasteiger partial charge on any atom is 0.229 e. The van der Waals surface area contributed by atoms with Gasteiger partial charge in [0.25, 0.3) is 0 Å². The second kappa shape index (κ2) is 13.4. The van der Waals surface area contributed by atoms with Crippen LogP contribution in [0.15, 0.2) is 33.5 Å². The second-order valence-corrected chi connectivity index (χ2v) is 10.6. The smallest absolute Gasteiger partial charge is 0.229 e. The first-order valence-electron chi connectivity index (χ1n) is 13.9. The number of phenolic OH excluding ortho intramolecular Hbond substituents is 2. The molecular weight excluding hydrogens is 620 g/mol. The summed E-state index contributed by atoms with van der Waals surface area (Å²) in [4.78, 5) is 13.2. The minimum absolute atomic E-state index is 0.0147. The molecule has 2 fully saturated rings. The van der Waals surface area contributed by atoms with Crippen LogP contribution in [0.2, 0.25) is 0 Å². The molecule has 17 nitrogen and oxygen atoms in total. The molecule has 8 N–H and O–H groups in total. The molecule has 46 heavy (non-hydrogen) atoms. The minimum Gasteiger partial charge on any atom is -0.504 e. The predicted molar refractivity (Wildman–Crippen MR) is 152 cm³/mol. The number of phenols is 2. The largest absolute Gasteiger partial charge is 0.504 e. The second-order valence-electron chi connectivity index (χ2n) is 10.6. The molecule has 2 aliphatic rings. The van der Waals surface area contributed by atoms with E-state index in [0.717, 1.165) is 6.07 Å². The van der Waals surface area contributed by atoms with Crippen LogP contribution in [0.5, 0.6) is 34.5 Å². The molecule has 5 rings (SSSR count). The molecule has 0 amide bonds. The number of methoxy groups -OCH3 is 3. The molecule has 2 saturated heterocycles. The van der Waals surface area contributed by atoms with E-state index in [1.807, 2.05) is 0 Å². The molecule has 252 valence electrons. The van der Waals surface area contributed by atoms with Crippen LogP contribution in [0, 0.1) is 0 Å². The van der Waals surface area contributed by atoms with E-state index in [1.165, 1.54) is 39.5 Å². The molecule has 0 saturated carbocycles. The molecule has 17 heteroatoms. The highest BCUT2D eigenvalue weighted by molar-refractivity contribution is 5.89. The van der Waals surface area contributed by atoms with Gasteiger partial charge >= 0.3 is 0 Å². The van der Waals surface area contributed by atoms with Crippen molar-refractivity contribution in [3.63, 3.8) is 0 Å². The lowest BCUT2D eigenvalue weighted by molar-refractivity contribution is -0.307. The number of aliphatic hydroxyl groups is 6. The summed E-state index contributed by atoms with van der Waals surface area (Å²) in [5, 5.41) is 82.3. The Labute approximate surface area is 259 Å². The molecular formula is C29H34O17. The van der Waals surface area contributed by atoms with Gasteiger partial charge in [-0.05, 0) is 12.1 Å². The number of hydrogen-bond acceptors (Lipinski definition) is 17. The Hall–Kier alpha value is -3.91. The maximum absolute atomic E-state index is 13.2. The van der Waals surface area contributed by atoms with Gasteiger partial charge in [-0.15, -0.1) is 0 Å². The van der Waals surface area contributed by atoms with E-state index in [1.54, 1.807) is 0 Å². The fourth-order valence-electron chi connectivity index (χ4n) is 5.12. The molecule has 3 aromatic rings. The van der Waals surface area contributed by atoms with E-state index < -0.39 is 73.1 Å². The Kier molecular flexibility index (Phi) is 9.78. The third-order valence-corrected chi connectivity index (χ3v) is 7.67. The van der Waals surface area contributed by atoms with Crippen molar-refractivity contribution in [1.82, 2.24) is 0 Å². The fraction of sp³-hybridized carbons (Fsp3) is 0.483. The summed E-state index contributed by atoms with van der Waals surface area (Å²) in [7, 11) is 3.81. The van der Waals surface area contributed by atoms with E-state index >= 15 is 0 Å². The van der Waals surface area contributed by atoms with Crippen molar-refractivity contribution in [3.8, 4) is 45.8 Å². The van der Waals surface area contributed by atoms with Gasteiger partial charge in [-0.3, -0.25) is 4.79 Å². The predicted octanol–water partition coefficient (Wildman–Crippen LogP) is -1.46. The van der Waals surface area contributed by atoms with Crippen LogP contribution in [0.25, 0.3) is 22.3 Å². The standard InChI is InChI=1S/C29H34O17/c1-39-15-4-10(5-16(40-2)21(15)33)13-6-11(30)19-14(44-13)7-17(27(41-3)23(19)35)45-29-26(38)24(36)22(34)18(46-29)9-43-28-25(37)20(32)12(31)8-42-28/h4-7,12,18,20,22,24-26,28-29,31-38H,8-9H2,1-3H3/t12-,18+,20-,22+,24-,25+,26+,28-,29+/m0/s1. The van der Waals surface area contributed by atoms with Crippen LogP contribution >= 0.6 is 0 Å². The number of aliphatic hydroxyl groups excluding tert-OH is 6. The zero-order chi connectivity index (χ0) is 33.4. The van der Waals surface area contributed by atoms with Crippen molar-refractivity contribution in [1.29, 1.82) is 0 Å². The normalized spacial score (nSPS) is 29.8. The molecule has 1 aromatic heterocycles. The van der Waals surface area contributed by atoms with Crippen molar-refractivity contribution in [2.75, 3.05) is 34.5 Å². The van der Waals surface area contributed by atoms with E-state index in [2.05, 4.69) is 0 Å². The van der Waals surface area contributed by atoms with Crippen LogP contribution in [-0.4, -0.2) is 131 Å². The van der Waals surface area contributed by atoms with Crippen LogP contribution in [0.4, 0.5) is 0 Å². The van der Waals surface area contributed by atoms with Gasteiger partial charge in [-0.2, -0.15) is 0 Å². The highest BCUT2D eigenvalue weighted by Gasteiger charge is 2.47. The maximum atomic E-state index is 13.2. The van der Waals surface area contributed by atoms with Gasteiger partial charge in [0, 0.05) is 17.7 Å². The van der Waals surface area contributed by atoms with Crippen LogP contribution in [0.1, 0.15) is 0 Å². The lowest BCUT2D eigenvalue weighted by atomic mass is 9.99. The highest BCUT2D eigenvalue weighted by atomic mass is 16.7. The first-order valence-corrected chi connectivity index (χ1v) is 13.9. The molecule has 9 atom stereocenters. The van der Waals surface area contributed by atoms with E-state index in [0.29, 0.717) is 0 Å². The van der Waals surface area contributed by atoms with E-state index in [4.69, 9.17) is 37.6 Å². The fourth-order valence-corrected chi connectivity index (χ4v) is 5.12. The summed E-state index contributed by atoms with van der Waals surface area (Å²) in [5.41, 5.74) is -0.612. The van der Waals surface area contributed by atoms with Gasteiger partial charge in [0.1, 0.15) is 59.5 Å². The first-order chi connectivity index (χ1) is 21.9. The number of benzene rings is 2. The summed E-state index contributed by atoms with van der Waals surface area (Å²) in [6, 6.07) is 5.05. The van der Waals surface area contributed by atoms with Gasteiger partial charge in [0.2, 0.25) is 17.8 Å². The summed E-state index contributed by atoms with van der Waals surface area (Å²) < 4.78 is 43.5. The van der Waals surface area contributed by atoms with Gasteiger partial charge in [0.15, 0.2) is 34.7 Å². The Morgan fingerprint density at radius 1 is 0.761 bits per heavy atom. The monoisotopic (exact) mass is 654 g/mol. The third kappa shape index (κ3) is 6.11. The third-order valence-electron chi connectivity index (χ3n) is 7.67. The number of hydrogen-bond donors (Lipinski definition) is 8. The molecule has 0 spiro atoms. The summed E-state index contributed by atoms with van der Waals surface area (Å²) in [6.45, 7) is -0.881. The summed E-state index contributed by atoms with van der Waals surface area (Å²) in [5.74, 6) is -1.57. The molecule has 0 unspecified atom stereocenters. The number of ether oxygens (including phenoxy) is 7. The molecule has 3 heterocycles. The summed E-state index contributed by atoms with van der Waals surface area (Å²) in [6.07, 6.45) is -14.5. The van der Waals surface area contributed by atoms with Crippen LogP contribution in [0.3, 0.4) is 0 Å².